The van der Waals surface area contributed by atoms with Crippen LogP contribution in [0.25, 0.3) is 0 Å². The highest BCUT2D eigenvalue weighted by Gasteiger charge is 2.14. The largest absolute Gasteiger partial charge is 0.314 e. The van der Waals surface area contributed by atoms with Gasteiger partial charge in [-0.3, -0.25) is 5.01 Å². The summed E-state index contributed by atoms with van der Waals surface area (Å²) in [7, 11) is 1.94. The number of hydrogen-bond donors (Lipinski definition) is 1. The summed E-state index contributed by atoms with van der Waals surface area (Å²) in [5, 5.41) is 9.88. The molecule has 2 rings (SSSR count). The SMILES string of the molecule is CC1C/C(=N\N(C)c2cccc(Br)n2)CCN1. The number of piperidine rings is 1. The van der Waals surface area contributed by atoms with Gasteiger partial charge in [0.1, 0.15) is 10.4 Å². The second-order valence-electron chi connectivity index (χ2n) is 4.32. The average molecular weight is 297 g/mol. The van der Waals surface area contributed by atoms with E-state index >= 15 is 0 Å². The van der Waals surface area contributed by atoms with Gasteiger partial charge in [-0.25, -0.2) is 4.98 Å². The summed E-state index contributed by atoms with van der Waals surface area (Å²) < 4.78 is 0.834. The van der Waals surface area contributed by atoms with Crippen molar-refractivity contribution in [2.24, 2.45) is 5.10 Å². The van der Waals surface area contributed by atoms with E-state index in [1.54, 1.807) is 0 Å². The third kappa shape index (κ3) is 3.51. The maximum Gasteiger partial charge on any atom is 0.149 e. The molecule has 2 heterocycles. The molecule has 0 bridgehead atoms. The van der Waals surface area contributed by atoms with Gasteiger partial charge in [0.25, 0.3) is 0 Å². The van der Waals surface area contributed by atoms with Gasteiger partial charge in [-0.05, 0) is 35.0 Å². The Hall–Kier alpha value is -0.940. The minimum atomic E-state index is 0.520. The summed E-state index contributed by atoms with van der Waals surface area (Å²) in [5.41, 5.74) is 1.24. The first-order valence-corrected chi connectivity index (χ1v) is 6.60. The number of pyridine rings is 1. The van der Waals surface area contributed by atoms with Crippen LogP contribution in [0, 0.1) is 0 Å². The molecular weight excluding hydrogens is 280 g/mol. The molecule has 1 aromatic rings. The molecule has 17 heavy (non-hydrogen) atoms. The maximum atomic E-state index is 4.62. The first kappa shape index (κ1) is 12.5. The number of hydrogen-bond acceptors (Lipinski definition) is 4. The number of anilines is 1. The van der Waals surface area contributed by atoms with Crippen molar-refractivity contribution < 1.29 is 0 Å². The third-order valence-electron chi connectivity index (χ3n) is 2.77. The van der Waals surface area contributed by atoms with Crippen LogP contribution in [0.4, 0.5) is 5.82 Å². The average Bonchev–Trinajstić information content (AvgIpc) is 2.29. The van der Waals surface area contributed by atoms with Crippen LogP contribution in [0.15, 0.2) is 27.9 Å². The molecule has 4 nitrogen and oxygen atoms in total. The molecule has 1 aromatic heterocycles. The van der Waals surface area contributed by atoms with Gasteiger partial charge in [-0.15, -0.1) is 0 Å². The standard InChI is InChI=1S/C12H17BrN4/c1-9-8-10(6-7-14-9)16-17(2)12-5-3-4-11(13)15-12/h3-5,9,14H,6-8H2,1-2H3/b16-10-. The summed E-state index contributed by atoms with van der Waals surface area (Å²) in [4.78, 5) is 4.38. The van der Waals surface area contributed by atoms with Crippen LogP contribution < -0.4 is 10.3 Å². The number of nitrogens with one attached hydrogen (secondary N) is 1. The Morgan fingerprint density at radius 3 is 3.06 bits per heavy atom. The van der Waals surface area contributed by atoms with Gasteiger partial charge >= 0.3 is 0 Å². The van der Waals surface area contributed by atoms with Crippen LogP contribution in [-0.4, -0.2) is 30.3 Å². The molecule has 0 aliphatic carbocycles. The normalized spacial score (nSPS) is 22.8. The van der Waals surface area contributed by atoms with Crippen LogP contribution in [0.2, 0.25) is 0 Å². The zero-order valence-corrected chi connectivity index (χ0v) is 11.7. The van der Waals surface area contributed by atoms with Crippen molar-refractivity contribution in [3.63, 3.8) is 0 Å². The van der Waals surface area contributed by atoms with E-state index in [9.17, 15) is 0 Å². The van der Waals surface area contributed by atoms with Crippen LogP contribution in [-0.2, 0) is 0 Å². The Morgan fingerprint density at radius 2 is 2.35 bits per heavy atom. The van der Waals surface area contributed by atoms with Crippen molar-refractivity contribution in [3.8, 4) is 0 Å². The predicted octanol–water partition coefficient (Wildman–Crippen LogP) is 2.41. The summed E-state index contributed by atoms with van der Waals surface area (Å²) >= 11 is 3.37. The lowest BCUT2D eigenvalue weighted by molar-refractivity contribution is 0.538. The highest BCUT2D eigenvalue weighted by molar-refractivity contribution is 9.10. The van der Waals surface area contributed by atoms with E-state index in [1.807, 2.05) is 30.3 Å². The quantitative estimate of drug-likeness (QED) is 0.673. The molecule has 0 spiro atoms. The predicted molar refractivity (Wildman–Crippen MR) is 74.5 cm³/mol. The molecule has 1 unspecified atom stereocenters. The van der Waals surface area contributed by atoms with Gasteiger partial charge in [0.15, 0.2) is 0 Å². The van der Waals surface area contributed by atoms with Crippen molar-refractivity contribution in [3.05, 3.63) is 22.8 Å². The summed E-state index contributed by atoms with van der Waals surface area (Å²) in [6, 6.07) is 6.36. The summed E-state index contributed by atoms with van der Waals surface area (Å²) in [6.07, 6.45) is 2.03. The molecular formula is C12H17BrN4. The summed E-state index contributed by atoms with van der Waals surface area (Å²) in [5.74, 6) is 0.859. The van der Waals surface area contributed by atoms with Crippen molar-refractivity contribution in [1.29, 1.82) is 0 Å². The fraction of sp³-hybridized carbons (Fsp3) is 0.500. The maximum absolute atomic E-state index is 4.62. The Bertz CT molecular complexity index is 419. The third-order valence-corrected chi connectivity index (χ3v) is 3.21. The van der Waals surface area contributed by atoms with Gasteiger partial charge in [0, 0.05) is 38.2 Å². The van der Waals surface area contributed by atoms with E-state index in [0.29, 0.717) is 6.04 Å². The van der Waals surface area contributed by atoms with Crippen LogP contribution in [0.5, 0.6) is 0 Å². The number of aromatic nitrogens is 1. The lowest BCUT2D eigenvalue weighted by atomic mass is 10.0. The molecule has 5 heteroatoms. The molecule has 1 aliphatic heterocycles. The number of hydrazone groups is 1. The van der Waals surface area contributed by atoms with Gasteiger partial charge in [-0.1, -0.05) is 6.07 Å². The van der Waals surface area contributed by atoms with Gasteiger partial charge < -0.3 is 5.32 Å². The molecule has 1 atom stereocenters. The molecule has 1 aliphatic rings. The molecule has 92 valence electrons. The van der Waals surface area contributed by atoms with Crippen molar-refractivity contribution in [2.45, 2.75) is 25.8 Å². The molecule has 0 radical (unpaired) electrons. The van der Waals surface area contributed by atoms with Crippen molar-refractivity contribution >= 4 is 27.5 Å². The van der Waals surface area contributed by atoms with E-state index < -0.39 is 0 Å². The minimum Gasteiger partial charge on any atom is -0.314 e. The zero-order chi connectivity index (χ0) is 12.3. The van der Waals surface area contributed by atoms with Gasteiger partial charge in [0.05, 0.1) is 0 Å². The molecule has 1 fully saturated rings. The molecule has 0 aromatic carbocycles. The Balaban J connectivity index is 2.09. The fourth-order valence-electron chi connectivity index (χ4n) is 1.92. The summed E-state index contributed by atoms with van der Waals surface area (Å²) in [6.45, 7) is 3.20. The Kier molecular flexibility index (Phi) is 4.12. The monoisotopic (exact) mass is 296 g/mol. The number of nitrogens with zero attached hydrogens (tertiary/aromatic N) is 3. The zero-order valence-electron chi connectivity index (χ0n) is 10.2. The highest BCUT2D eigenvalue weighted by atomic mass is 79.9. The van der Waals surface area contributed by atoms with Crippen LogP contribution in [0.1, 0.15) is 19.8 Å². The first-order chi connectivity index (χ1) is 8.15. The molecule has 0 saturated carbocycles. The van der Waals surface area contributed by atoms with Crippen molar-refractivity contribution in [1.82, 2.24) is 10.3 Å². The van der Waals surface area contributed by atoms with Crippen LogP contribution >= 0.6 is 15.9 Å². The first-order valence-electron chi connectivity index (χ1n) is 5.81. The second kappa shape index (κ2) is 5.60. The van der Waals surface area contributed by atoms with Crippen molar-refractivity contribution in [2.75, 3.05) is 18.6 Å². The van der Waals surface area contributed by atoms with Crippen LogP contribution in [0.3, 0.4) is 0 Å². The number of halogens is 1. The topological polar surface area (TPSA) is 40.5 Å². The highest BCUT2D eigenvalue weighted by Crippen LogP contribution is 2.15. The Labute approximate surface area is 110 Å². The molecule has 1 N–H and O–H groups in total. The minimum absolute atomic E-state index is 0.520. The molecule has 0 amide bonds. The molecule has 1 saturated heterocycles. The van der Waals surface area contributed by atoms with E-state index in [0.717, 1.165) is 29.8 Å². The van der Waals surface area contributed by atoms with Gasteiger partial charge in [-0.2, -0.15) is 5.10 Å². The Morgan fingerprint density at radius 1 is 1.53 bits per heavy atom. The fourth-order valence-corrected chi connectivity index (χ4v) is 2.26. The second-order valence-corrected chi connectivity index (χ2v) is 5.13. The smallest absolute Gasteiger partial charge is 0.149 e. The van der Waals surface area contributed by atoms with E-state index in [1.165, 1.54) is 5.71 Å². The lowest BCUT2D eigenvalue weighted by Gasteiger charge is -2.23. The van der Waals surface area contributed by atoms with Gasteiger partial charge in [0.2, 0.25) is 0 Å². The number of rotatable bonds is 2. The van der Waals surface area contributed by atoms with E-state index in [2.05, 4.69) is 38.3 Å². The van der Waals surface area contributed by atoms with E-state index in [4.69, 9.17) is 0 Å². The lowest BCUT2D eigenvalue weighted by Crippen LogP contribution is -2.36. The van der Waals surface area contributed by atoms with E-state index in [-0.39, 0.29) is 0 Å².